The molecule has 0 aliphatic carbocycles. The molecule has 0 saturated heterocycles. The Balaban J connectivity index is 1.28. The first-order valence-electron chi connectivity index (χ1n) is 17.6. The van der Waals surface area contributed by atoms with Crippen molar-refractivity contribution in [3.63, 3.8) is 0 Å². The minimum atomic E-state index is -4.08. The molecule has 0 unspecified atom stereocenters. The van der Waals surface area contributed by atoms with Crippen molar-refractivity contribution in [1.29, 1.82) is 0 Å². The van der Waals surface area contributed by atoms with Crippen LogP contribution in [0.5, 0.6) is 0 Å². The van der Waals surface area contributed by atoms with Crippen LogP contribution in [0.15, 0.2) is 212 Å². The van der Waals surface area contributed by atoms with Gasteiger partial charge >= 0.3 is 303 Å². The van der Waals surface area contributed by atoms with Gasteiger partial charge in [0.2, 0.25) is 0 Å². The van der Waals surface area contributed by atoms with E-state index in [-0.39, 0.29) is 6.61 Å². The zero-order valence-electron chi connectivity index (χ0n) is 28.6. The summed E-state index contributed by atoms with van der Waals surface area (Å²) in [4.78, 5) is 0. The summed E-state index contributed by atoms with van der Waals surface area (Å²) in [5.74, 6) is 0. The van der Waals surface area contributed by atoms with E-state index in [0.29, 0.717) is 6.42 Å². The fourth-order valence-corrected chi connectivity index (χ4v) is 13.5. The summed E-state index contributed by atoms with van der Waals surface area (Å²) in [5, 5.41) is 16.0. The predicted molar refractivity (Wildman–Crippen MR) is 215 cm³/mol. The average molecular weight is 685 g/mol. The van der Waals surface area contributed by atoms with Crippen LogP contribution in [-0.2, 0) is 14.5 Å². The van der Waals surface area contributed by atoms with Crippen molar-refractivity contribution in [2.45, 2.75) is 18.3 Å². The van der Waals surface area contributed by atoms with E-state index >= 15 is 0 Å². The van der Waals surface area contributed by atoms with Gasteiger partial charge in [0.15, 0.2) is 0 Å². The summed E-state index contributed by atoms with van der Waals surface area (Å²) in [6, 6.07) is 73.4. The van der Waals surface area contributed by atoms with Crippen LogP contribution in [0.25, 0.3) is 0 Å². The number of hydrogen-bond donors (Lipinski definition) is 1. The summed E-state index contributed by atoms with van der Waals surface area (Å²) in [6.07, 6.45) is 1.43. The maximum absolute atomic E-state index is 12.1. The minimum absolute atomic E-state index is 0.287. The van der Waals surface area contributed by atoms with Crippen molar-refractivity contribution in [2.75, 3.05) is 6.61 Å². The molecule has 0 heterocycles. The Bertz CT molecular complexity index is 1820. The van der Waals surface area contributed by atoms with Crippen LogP contribution in [0.4, 0.5) is 0 Å². The van der Waals surface area contributed by atoms with Crippen LogP contribution >= 0.6 is 6.83 Å². The summed E-state index contributed by atoms with van der Waals surface area (Å²) >= 11 is 0. The molecular formula is C46H42BO3P. The zero-order valence-corrected chi connectivity index (χ0v) is 29.5. The molecule has 7 aromatic rings. The SMILES string of the molecule is OB(OCCCC(c1ccccc1)(c1ccccc1)c1ccccc1)OP(c1ccccc1)(c1ccccc1)(c1ccccc1)c1ccccc1. The third-order valence-corrected chi connectivity index (χ3v) is 15.8. The van der Waals surface area contributed by atoms with Gasteiger partial charge < -0.3 is 0 Å². The van der Waals surface area contributed by atoms with Crippen molar-refractivity contribution in [3.8, 4) is 0 Å². The van der Waals surface area contributed by atoms with Crippen LogP contribution in [0.1, 0.15) is 29.5 Å². The molecular weight excluding hydrogens is 642 g/mol. The molecule has 1 N–H and O–H groups in total. The second-order valence-electron chi connectivity index (χ2n) is 12.8. The molecule has 3 nitrogen and oxygen atoms in total. The Hall–Kier alpha value is -5.09. The van der Waals surface area contributed by atoms with Gasteiger partial charge in [0.05, 0.1) is 0 Å². The Kier molecular flexibility index (Phi) is 10.4. The summed E-state index contributed by atoms with van der Waals surface area (Å²) < 4.78 is 13.7. The molecule has 0 aromatic heterocycles. The first kappa shape index (κ1) is 34.4. The Morgan fingerprint density at radius 1 is 0.412 bits per heavy atom. The Morgan fingerprint density at radius 3 is 0.980 bits per heavy atom. The van der Waals surface area contributed by atoms with Crippen molar-refractivity contribution in [1.82, 2.24) is 0 Å². The first-order chi connectivity index (χ1) is 25.2. The van der Waals surface area contributed by atoms with Crippen LogP contribution in [0.3, 0.4) is 0 Å². The van der Waals surface area contributed by atoms with Gasteiger partial charge in [-0.15, -0.1) is 0 Å². The fourth-order valence-electron chi connectivity index (χ4n) is 7.82. The van der Waals surface area contributed by atoms with Crippen molar-refractivity contribution in [2.24, 2.45) is 0 Å². The third kappa shape index (κ3) is 6.26. The normalized spacial score (nSPS) is 12.5. The number of rotatable bonds is 14. The molecule has 0 aliphatic heterocycles. The molecule has 5 heteroatoms. The molecule has 0 amide bonds. The molecule has 7 rings (SSSR count). The van der Waals surface area contributed by atoms with Gasteiger partial charge in [-0.25, -0.2) is 0 Å². The third-order valence-electron chi connectivity index (χ3n) is 10.1. The van der Waals surface area contributed by atoms with Crippen LogP contribution in [0.2, 0.25) is 0 Å². The van der Waals surface area contributed by atoms with Crippen molar-refractivity contribution < 1.29 is 14.1 Å². The van der Waals surface area contributed by atoms with Gasteiger partial charge in [-0.2, -0.15) is 0 Å². The average Bonchev–Trinajstić information content (AvgIpc) is 3.22. The molecule has 0 fully saturated rings. The zero-order chi connectivity index (χ0) is 34.9. The molecule has 7 aromatic carbocycles. The molecule has 0 radical (unpaired) electrons. The fraction of sp³-hybridized carbons (Fsp3) is 0.0870. The van der Waals surface area contributed by atoms with E-state index in [2.05, 4.69) is 140 Å². The first-order valence-corrected chi connectivity index (χ1v) is 19.7. The standard InChI is InChI=1S/C46H42BO3P/c48-47(49-38-22-37-46(39-23-8-1-9-24-39,40-25-10-2-11-26-40)41-27-12-3-13-28-41)50-51(42-29-14-4-15-30-42,43-31-16-5-17-32-43,44-33-18-6-19-34-44)45-35-20-7-21-36-45/h1-21,23-36,48H,22,37-38H2. The molecule has 0 saturated carbocycles. The Labute approximate surface area is 302 Å². The molecule has 0 spiro atoms. The van der Waals surface area contributed by atoms with E-state index in [4.69, 9.17) is 9.10 Å². The topological polar surface area (TPSA) is 38.7 Å². The number of benzene rings is 7. The summed E-state index contributed by atoms with van der Waals surface area (Å²) in [5.41, 5.74) is 3.22. The summed E-state index contributed by atoms with van der Waals surface area (Å²) in [7, 11) is -1.52. The summed E-state index contributed by atoms with van der Waals surface area (Å²) in [6.45, 7) is -3.79. The van der Waals surface area contributed by atoms with Gasteiger partial charge in [0, 0.05) is 0 Å². The second-order valence-corrected chi connectivity index (χ2v) is 17.1. The van der Waals surface area contributed by atoms with Crippen molar-refractivity contribution in [3.05, 3.63) is 229 Å². The Morgan fingerprint density at radius 2 is 0.686 bits per heavy atom. The maximum atomic E-state index is 12.1. The second kappa shape index (κ2) is 15.4. The quantitative estimate of drug-likeness (QED) is 0.0540. The van der Waals surface area contributed by atoms with E-state index in [1.165, 1.54) is 16.7 Å². The molecule has 0 aliphatic rings. The number of hydrogen-bond acceptors (Lipinski definition) is 3. The molecule has 51 heavy (non-hydrogen) atoms. The van der Waals surface area contributed by atoms with E-state index in [1.54, 1.807) is 0 Å². The van der Waals surface area contributed by atoms with Crippen LogP contribution < -0.4 is 21.2 Å². The van der Waals surface area contributed by atoms with E-state index in [0.717, 1.165) is 27.6 Å². The van der Waals surface area contributed by atoms with Gasteiger partial charge in [-0.05, 0) is 0 Å². The molecule has 0 bridgehead atoms. The predicted octanol–water partition coefficient (Wildman–Crippen LogP) is 8.58. The van der Waals surface area contributed by atoms with Crippen LogP contribution in [0, 0.1) is 0 Å². The van der Waals surface area contributed by atoms with Gasteiger partial charge in [-0.1, -0.05) is 0 Å². The molecule has 0 atom stereocenters. The van der Waals surface area contributed by atoms with Crippen LogP contribution in [-0.4, -0.2) is 19.0 Å². The monoisotopic (exact) mass is 684 g/mol. The van der Waals surface area contributed by atoms with Gasteiger partial charge in [-0.3, -0.25) is 0 Å². The van der Waals surface area contributed by atoms with E-state index < -0.39 is 19.6 Å². The van der Waals surface area contributed by atoms with Gasteiger partial charge in [0.1, 0.15) is 0 Å². The van der Waals surface area contributed by atoms with E-state index in [1.807, 2.05) is 72.8 Å². The van der Waals surface area contributed by atoms with E-state index in [9.17, 15) is 5.02 Å². The molecule has 252 valence electrons. The van der Waals surface area contributed by atoms with Gasteiger partial charge in [0.25, 0.3) is 0 Å². The van der Waals surface area contributed by atoms with Crippen molar-refractivity contribution >= 4 is 35.4 Å².